The number of ether oxygens (including phenoxy) is 1. The Bertz CT molecular complexity index is 752. The Morgan fingerprint density at radius 2 is 1.67 bits per heavy atom. The normalized spacial score (nSPS) is 11.2. The molecular weight excluding hydrogens is 401 g/mol. The standard InChI is InChI=1S/C15H16INO3S/c1-10-6-11(2)8-12(7-10)17-21(18,19)13-4-5-15(20-3)14(16)9-13/h4-9,17H,1-3H3. The fraction of sp³-hybridized carbons (Fsp3) is 0.200. The second-order valence-electron chi connectivity index (χ2n) is 4.78. The topological polar surface area (TPSA) is 55.4 Å². The fourth-order valence-corrected chi connectivity index (χ4v) is 4.07. The molecule has 0 aliphatic heterocycles. The summed E-state index contributed by atoms with van der Waals surface area (Å²) in [6.07, 6.45) is 0. The first kappa shape index (κ1) is 16.1. The van der Waals surface area contributed by atoms with Gasteiger partial charge in [0.1, 0.15) is 5.75 Å². The predicted molar refractivity (Wildman–Crippen MR) is 92.4 cm³/mol. The zero-order valence-electron chi connectivity index (χ0n) is 12.0. The summed E-state index contributed by atoms with van der Waals surface area (Å²) in [5.74, 6) is 0.654. The maximum Gasteiger partial charge on any atom is 0.261 e. The molecule has 0 aliphatic carbocycles. The van der Waals surface area contributed by atoms with E-state index < -0.39 is 10.0 Å². The number of hydrogen-bond acceptors (Lipinski definition) is 3. The number of sulfonamides is 1. The molecule has 0 amide bonds. The Labute approximate surface area is 138 Å². The minimum absolute atomic E-state index is 0.215. The van der Waals surface area contributed by atoms with Crippen LogP contribution < -0.4 is 9.46 Å². The maximum absolute atomic E-state index is 12.4. The lowest BCUT2D eigenvalue weighted by atomic mass is 10.1. The van der Waals surface area contributed by atoms with Gasteiger partial charge in [-0.15, -0.1) is 0 Å². The molecule has 0 unspecified atom stereocenters. The monoisotopic (exact) mass is 417 g/mol. The van der Waals surface area contributed by atoms with Crippen molar-refractivity contribution >= 4 is 38.3 Å². The highest BCUT2D eigenvalue weighted by Crippen LogP contribution is 2.25. The summed E-state index contributed by atoms with van der Waals surface area (Å²) < 4.78 is 33.3. The molecule has 0 fully saturated rings. The van der Waals surface area contributed by atoms with Gasteiger partial charge in [-0.2, -0.15) is 0 Å². The van der Waals surface area contributed by atoms with Crippen molar-refractivity contribution in [3.63, 3.8) is 0 Å². The molecular formula is C15H16INO3S. The van der Waals surface area contributed by atoms with E-state index >= 15 is 0 Å². The molecule has 112 valence electrons. The second kappa shape index (κ2) is 6.23. The number of nitrogens with one attached hydrogen (secondary N) is 1. The van der Waals surface area contributed by atoms with Crippen molar-refractivity contribution < 1.29 is 13.2 Å². The molecule has 0 heterocycles. The second-order valence-corrected chi connectivity index (χ2v) is 7.62. The van der Waals surface area contributed by atoms with E-state index in [1.54, 1.807) is 31.4 Å². The molecule has 2 aromatic carbocycles. The van der Waals surface area contributed by atoms with Crippen LogP contribution in [0.25, 0.3) is 0 Å². The molecule has 6 heteroatoms. The largest absolute Gasteiger partial charge is 0.496 e. The summed E-state index contributed by atoms with van der Waals surface area (Å²) in [5, 5.41) is 0. The minimum atomic E-state index is -3.60. The first-order valence-electron chi connectivity index (χ1n) is 6.26. The molecule has 0 atom stereocenters. The molecule has 0 bridgehead atoms. The number of benzene rings is 2. The van der Waals surface area contributed by atoms with Gasteiger partial charge < -0.3 is 4.74 Å². The third kappa shape index (κ3) is 3.88. The molecule has 0 saturated heterocycles. The van der Waals surface area contributed by atoms with Crippen molar-refractivity contribution in [2.45, 2.75) is 18.7 Å². The average Bonchev–Trinajstić information content (AvgIpc) is 2.36. The van der Waals surface area contributed by atoms with Gasteiger partial charge in [0.25, 0.3) is 10.0 Å². The van der Waals surface area contributed by atoms with E-state index in [0.29, 0.717) is 11.4 Å². The van der Waals surface area contributed by atoms with E-state index in [0.717, 1.165) is 14.7 Å². The predicted octanol–water partition coefficient (Wildman–Crippen LogP) is 3.72. The van der Waals surface area contributed by atoms with Crippen molar-refractivity contribution in [1.82, 2.24) is 0 Å². The summed E-state index contributed by atoms with van der Waals surface area (Å²) in [5.41, 5.74) is 2.59. The lowest BCUT2D eigenvalue weighted by Crippen LogP contribution is -2.13. The van der Waals surface area contributed by atoms with Gasteiger partial charge in [0.2, 0.25) is 0 Å². The number of rotatable bonds is 4. The van der Waals surface area contributed by atoms with Gasteiger partial charge in [0, 0.05) is 5.69 Å². The third-order valence-corrected chi connectivity index (χ3v) is 5.13. The Morgan fingerprint density at radius 3 is 2.19 bits per heavy atom. The van der Waals surface area contributed by atoms with Crippen LogP contribution in [0.4, 0.5) is 5.69 Å². The summed E-state index contributed by atoms with van der Waals surface area (Å²) in [4.78, 5) is 0.215. The molecule has 21 heavy (non-hydrogen) atoms. The number of hydrogen-bond donors (Lipinski definition) is 1. The van der Waals surface area contributed by atoms with Crippen LogP contribution in [0.5, 0.6) is 5.75 Å². The fourth-order valence-electron chi connectivity index (χ4n) is 2.06. The van der Waals surface area contributed by atoms with Crippen molar-refractivity contribution in [2.24, 2.45) is 0 Å². The molecule has 0 aliphatic rings. The lowest BCUT2D eigenvalue weighted by molar-refractivity contribution is 0.411. The van der Waals surface area contributed by atoms with Crippen LogP contribution in [0.15, 0.2) is 41.3 Å². The van der Waals surface area contributed by atoms with Gasteiger partial charge in [-0.25, -0.2) is 8.42 Å². The molecule has 2 aromatic rings. The van der Waals surface area contributed by atoms with Crippen LogP contribution in [0.3, 0.4) is 0 Å². The van der Waals surface area contributed by atoms with Crippen molar-refractivity contribution in [1.29, 1.82) is 0 Å². The molecule has 0 aromatic heterocycles. The Morgan fingerprint density at radius 1 is 1.05 bits per heavy atom. The van der Waals surface area contributed by atoms with Crippen LogP contribution in [0.2, 0.25) is 0 Å². The van der Waals surface area contributed by atoms with Crippen molar-refractivity contribution in [3.05, 3.63) is 51.1 Å². The number of anilines is 1. The highest BCUT2D eigenvalue weighted by Gasteiger charge is 2.16. The van der Waals surface area contributed by atoms with Crippen LogP contribution in [0.1, 0.15) is 11.1 Å². The van der Waals surface area contributed by atoms with E-state index in [2.05, 4.69) is 27.3 Å². The van der Waals surface area contributed by atoms with E-state index in [-0.39, 0.29) is 4.90 Å². The van der Waals surface area contributed by atoms with Gasteiger partial charge in [0.05, 0.1) is 15.6 Å². The molecule has 0 spiro atoms. The van der Waals surface area contributed by atoms with Crippen molar-refractivity contribution in [3.8, 4) is 5.75 Å². The van der Waals surface area contributed by atoms with E-state index in [9.17, 15) is 8.42 Å². The van der Waals surface area contributed by atoms with E-state index in [4.69, 9.17) is 4.74 Å². The zero-order valence-corrected chi connectivity index (χ0v) is 14.9. The first-order valence-corrected chi connectivity index (χ1v) is 8.82. The Hall–Kier alpha value is -1.28. The minimum Gasteiger partial charge on any atom is -0.496 e. The Kier molecular flexibility index (Phi) is 4.77. The third-order valence-electron chi connectivity index (χ3n) is 2.91. The highest BCUT2D eigenvalue weighted by atomic mass is 127. The molecule has 0 saturated carbocycles. The van der Waals surface area contributed by atoms with Crippen LogP contribution in [0, 0.1) is 17.4 Å². The van der Waals surface area contributed by atoms with Gasteiger partial charge in [-0.05, 0) is 77.9 Å². The van der Waals surface area contributed by atoms with Gasteiger partial charge in [-0.3, -0.25) is 4.72 Å². The van der Waals surface area contributed by atoms with E-state index in [1.165, 1.54) is 6.07 Å². The molecule has 4 nitrogen and oxygen atoms in total. The smallest absolute Gasteiger partial charge is 0.261 e. The van der Waals surface area contributed by atoms with Gasteiger partial charge in [0.15, 0.2) is 0 Å². The van der Waals surface area contributed by atoms with Gasteiger partial charge >= 0.3 is 0 Å². The summed E-state index contributed by atoms with van der Waals surface area (Å²) >= 11 is 2.05. The number of halogens is 1. The van der Waals surface area contributed by atoms with Crippen LogP contribution in [-0.2, 0) is 10.0 Å². The molecule has 0 radical (unpaired) electrons. The molecule has 2 rings (SSSR count). The number of aryl methyl sites for hydroxylation is 2. The van der Waals surface area contributed by atoms with Crippen LogP contribution in [-0.4, -0.2) is 15.5 Å². The number of methoxy groups -OCH3 is 1. The average molecular weight is 417 g/mol. The zero-order chi connectivity index (χ0) is 15.6. The SMILES string of the molecule is COc1ccc(S(=O)(=O)Nc2cc(C)cc(C)c2)cc1I. The van der Waals surface area contributed by atoms with E-state index in [1.807, 2.05) is 19.9 Å². The summed E-state index contributed by atoms with van der Waals surface area (Å²) in [7, 11) is -2.05. The maximum atomic E-state index is 12.4. The van der Waals surface area contributed by atoms with Gasteiger partial charge in [-0.1, -0.05) is 6.07 Å². The quantitative estimate of drug-likeness (QED) is 0.772. The first-order chi connectivity index (χ1) is 9.81. The van der Waals surface area contributed by atoms with Crippen molar-refractivity contribution in [2.75, 3.05) is 11.8 Å². The summed E-state index contributed by atoms with van der Waals surface area (Å²) in [6, 6.07) is 10.4. The highest BCUT2D eigenvalue weighted by molar-refractivity contribution is 14.1. The molecule has 1 N–H and O–H groups in total. The summed E-state index contributed by atoms with van der Waals surface area (Å²) in [6.45, 7) is 3.86. The van der Waals surface area contributed by atoms with Crippen LogP contribution >= 0.6 is 22.6 Å². The Balaban J connectivity index is 2.36. The lowest BCUT2D eigenvalue weighted by Gasteiger charge is -2.11.